The number of ether oxygens (including phenoxy) is 1. The maximum absolute atomic E-state index is 12.3. The van der Waals surface area contributed by atoms with Crippen molar-refractivity contribution in [3.8, 4) is 0 Å². The number of aryl methyl sites for hydroxylation is 1. The number of nitrogens with one attached hydrogen (secondary N) is 1. The smallest absolute Gasteiger partial charge is 0.259 e. The fourth-order valence-corrected chi connectivity index (χ4v) is 1.71. The van der Waals surface area contributed by atoms with Crippen LogP contribution < -0.4 is 11.2 Å². The molecule has 0 bridgehead atoms. The summed E-state index contributed by atoms with van der Waals surface area (Å²) in [7, 11) is 1.57. The van der Waals surface area contributed by atoms with E-state index in [0.29, 0.717) is 32.7 Å². The summed E-state index contributed by atoms with van der Waals surface area (Å²) in [5.74, 6) is -0.285. The molecule has 0 unspecified atom stereocenters. The molecular weight excluding hydrogens is 246 g/mol. The van der Waals surface area contributed by atoms with E-state index >= 15 is 0 Å². The minimum Gasteiger partial charge on any atom is -0.383 e. The Morgan fingerprint density at radius 2 is 2.21 bits per heavy atom. The molecule has 0 aliphatic heterocycles. The highest BCUT2D eigenvalue weighted by Crippen LogP contribution is 2.01. The molecule has 1 rings (SSSR count). The van der Waals surface area contributed by atoms with Gasteiger partial charge in [0.1, 0.15) is 5.56 Å². The number of nitrogens with zero attached hydrogens (tertiary/aromatic N) is 1. The molecule has 0 aliphatic rings. The number of aromatic amines is 1. The highest BCUT2D eigenvalue weighted by molar-refractivity contribution is 5.93. The van der Waals surface area contributed by atoms with E-state index in [1.54, 1.807) is 18.9 Å². The quantitative estimate of drug-likeness (QED) is 0.734. The summed E-state index contributed by atoms with van der Waals surface area (Å²) in [5, 5.41) is 0. The first-order valence-corrected chi connectivity index (χ1v) is 6.27. The van der Waals surface area contributed by atoms with Crippen molar-refractivity contribution < 1.29 is 9.53 Å². The first-order valence-electron chi connectivity index (χ1n) is 6.27. The molecule has 0 aliphatic carbocycles. The topological polar surface area (TPSA) is 88.4 Å². The largest absolute Gasteiger partial charge is 0.383 e. The number of H-pyrrole nitrogens is 1. The van der Waals surface area contributed by atoms with Gasteiger partial charge in [-0.25, -0.2) is 0 Å². The van der Waals surface area contributed by atoms with Crippen LogP contribution in [0.1, 0.15) is 22.5 Å². The molecule has 3 N–H and O–H groups in total. The lowest BCUT2D eigenvalue weighted by atomic mass is 10.2. The molecule has 6 heteroatoms. The fourth-order valence-electron chi connectivity index (χ4n) is 1.71. The van der Waals surface area contributed by atoms with Crippen LogP contribution in [0.3, 0.4) is 0 Å². The van der Waals surface area contributed by atoms with Crippen molar-refractivity contribution in [1.82, 2.24) is 9.88 Å². The number of hydrogen-bond donors (Lipinski definition) is 2. The van der Waals surface area contributed by atoms with E-state index in [2.05, 4.69) is 4.98 Å². The first-order chi connectivity index (χ1) is 9.10. The van der Waals surface area contributed by atoms with Gasteiger partial charge >= 0.3 is 0 Å². The molecule has 19 heavy (non-hydrogen) atoms. The summed E-state index contributed by atoms with van der Waals surface area (Å²) >= 11 is 0. The molecule has 6 nitrogen and oxygen atoms in total. The van der Waals surface area contributed by atoms with Crippen LogP contribution in [-0.2, 0) is 4.74 Å². The SMILES string of the molecule is COCCN(CCCN)C(=O)c1c[nH]c(C)cc1=O. The second kappa shape index (κ2) is 7.70. The molecular formula is C13H21N3O3. The second-order valence-corrected chi connectivity index (χ2v) is 4.32. The van der Waals surface area contributed by atoms with E-state index in [4.69, 9.17) is 10.5 Å². The van der Waals surface area contributed by atoms with Crippen molar-refractivity contribution in [1.29, 1.82) is 0 Å². The van der Waals surface area contributed by atoms with Crippen LogP contribution in [0.15, 0.2) is 17.1 Å². The van der Waals surface area contributed by atoms with Crippen molar-refractivity contribution in [2.24, 2.45) is 5.73 Å². The lowest BCUT2D eigenvalue weighted by molar-refractivity contribution is 0.0693. The fraction of sp³-hybridized carbons (Fsp3) is 0.538. The van der Waals surface area contributed by atoms with E-state index in [0.717, 1.165) is 5.69 Å². The number of hydrogen-bond acceptors (Lipinski definition) is 4. The van der Waals surface area contributed by atoms with Crippen LogP contribution in [0, 0.1) is 6.92 Å². The molecule has 0 radical (unpaired) electrons. The Bertz CT molecular complexity index is 462. The molecule has 0 fully saturated rings. The maximum Gasteiger partial charge on any atom is 0.259 e. The van der Waals surface area contributed by atoms with Crippen molar-refractivity contribution >= 4 is 5.91 Å². The summed E-state index contributed by atoms with van der Waals surface area (Å²) in [6, 6.07) is 1.42. The van der Waals surface area contributed by atoms with E-state index in [9.17, 15) is 9.59 Å². The zero-order valence-corrected chi connectivity index (χ0v) is 11.4. The highest BCUT2D eigenvalue weighted by Gasteiger charge is 2.17. The number of nitrogens with two attached hydrogens (primary N) is 1. The Morgan fingerprint density at radius 3 is 2.79 bits per heavy atom. The normalized spacial score (nSPS) is 10.5. The molecule has 0 aromatic carbocycles. The molecule has 1 amide bonds. The summed E-state index contributed by atoms with van der Waals surface area (Å²) < 4.78 is 4.98. The molecule has 1 aromatic heterocycles. The number of carbonyl (C=O) groups excluding carboxylic acids is 1. The van der Waals surface area contributed by atoms with E-state index in [1.165, 1.54) is 12.3 Å². The van der Waals surface area contributed by atoms with Crippen LogP contribution >= 0.6 is 0 Å². The van der Waals surface area contributed by atoms with Gasteiger partial charge in [0, 0.05) is 38.2 Å². The van der Waals surface area contributed by atoms with Gasteiger partial charge in [-0.2, -0.15) is 0 Å². The Hall–Kier alpha value is -1.66. The Morgan fingerprint density at radius 1 is 1.47 bits per heavy atom. The number of carbonyl (C=O) groups is 1. The average Bonchev–Trinajstić information content (AvgIpc) is 2.38. The number of methoxy groups -OCH3 is 1. The molecule has 0 saturated carbocycles. The maximum atomic E-state index is 12.3. The zero-order chi connectivity index (χ0) is 14.3. The standard InChI is InChI=1S/C13H21N3O3/c1-10-8-12(17)11(9-15-10)13(18)16(5-3-4-14)6-7-19-2/h8-9H,3-7,14H2,1-2H3,(H,15,17). The minimum atomic E-state index is -0.285. The average molecular weight is 267 g/mol. The van der Waals surface area contributed by atoms with Crippen LogP contribution in [-0.4, -0.2) is 49.1 Å². The van der Waals surface area contributed by atoms with Gasteiger partial charge in [0.2, 0.25) is 0 Å². The van der Waals surface area contributed by atoms with E-state index in [1.807, 2.05) is 0 Å². The number of aromatic nitrogens is 1. The summed E-state index contributed by atoms with van der Waals surface area (Å²) in [4.78, 5) is 28.6. The monoisotopic (exact) mass is 267 g/mol. The van der Waals surface area contributed by atoms with Gasteiger partial charge in [0.25, 0.3) is 5.91 Å². The lowest BCUT2D eigenvalue weighted by Gasteiger charge is -2.21. The molecule has 0 saturated heterocycles. The summed E-state index contributed by atoms with van der Waals surface area (Å²) in [5.41, 5.74) is 6.07. The van der Waals surface area contributed by atoms with E-state index < -0.39 is 0 Å². The van der Waals surface area contributed by atoms with Crippen LogP contribution in [0.5, 0.6) is 0 Å². The van der Waals surface area contributed by atoms with Gasteiger partial charge in [0.15, 0.2) is 5.43 Å². The second-order valence-electron chi connectivity index (χ2n) is 4.32. The molecule has 0 spiro atoms. The van der Waals surface area contributed by atoms with Gasteiger partial charge in [0.05, 0.1) is 6.61 Å². The third-order valence-corrected chi connectivity index (χ3v) is 2.77. The lowest BCUT2D eigenvalue weighted by Crippen LogP contribution is -2.38. The summed E-state index contributed by atoms with van der Waals surface area (Å²) in [6.45, 7) is 3.67. The van der Waals surface area contributed by atoms with Gasteiger partial charge in [-0.3, -0.25) is 9.59 Å². The molecule has 1 aromatic rings. The first kappa shape index (κ1) is 15.4. The Labute approximate surface area is 112 Å². The summed E-state index contributed by atoms with van der Waals surface area (Å²) in [6.07, 6.45) is 2.15. The molecule has 106 valence electrons. The Kier molecular flexibility index (Phi) is 6.24. The predicted octanol–water partition coefficient (Wildman–Crippen LogP) is 0.121. The number of pyridine rings is 1. The molecule has 1 heterocycles. The number of amides is 1. The van der Waals surface area contributed by atoms with Crippen molar-refractivity contribution in [2.75, 3.05) is 33.4 Å². The number of rotatable bonds is 7. The van der Waals surface area contributed by atoms with Crippen molar-refractivity contribution in [3.05, 3.63) is 33.7 Å². The minimum absolute atomic E-state index is 0.152. The van der Waals surface area contributed by atoms with Gasteiger partial charge in [-0.05, 0) is 19.9 Å². The molecule has 0 atom stereocenters. The van der Waals surface area contributed by atoms with Gasteiger partial charge in [-0.1, -0.05) is 0 Å². The van der Waals surface area contributed by atoms with Crippen LogP contribution in [0.4, 0.5) is 0 Å². The van der Waals surface area contributed by atoms with Crippen LogP contribution in [0.2, 0.25) is 0 Å². The van der Waals surface area contributed by atoms with Crippen molar-refractivity contribution in [3.63, 3.8) is 0 Å². The van der Waals surface area contributed by atoms with Crippen LogP contribution in [0.25, 0.3) is 0 Å². The third-order valence-electron chi connectivity index (χ3n) is 2.77. The van der Waals surface area contributed by atoms with Crippen molar-refractivity contribution in [2.45, 2.75) is 13.3 Å². The third kappa shape index (κ3) is 4.50. The predicted molar refractivity (Wildman–Crippen MR) is 73.3 cm³/mol. The van der Waals surface area contributed by atoms with E-state index in [-0.39, 0.29) is 16.9 Å². The highest BCUT2D eigenvalue weighted by atomic mass is 16.5. The zero-order valence-electron chi connectivity index (χ0n) is 11.4. The van der Waals surface area contributed by atoms with Gasteiger partial charge in [-0.15, -0.1) is 0 Å². The van der Waals surface area contributed by atoms with Gasteiger partial charge < -0.3 is 20.4 Å². The Balaban J connectivity index is 2.87.